The summed E-state index contributed by atoms with van der Waals surface area (Å²) in [5.74, 6) is 1.26. The summed E-state index contributed by atoms with van der Waals surface area (Å²) in [4.78, 5) is 32.2. The Morgan fingerprint density at radius 1 is 1.18 bits per heavy atom. The van der Waals surface area contributed by atoms with Crippen LogP contribution in [0, 0.1) is 3.57 Å². The van der Waals surface area contributed by atoms with Gasteiger partial charge in [-0.15, -0.1) is 0 Å². The van der Waals surface area contributed by atoms with E-state index in [4.69, 9.17) is 18.9 Å². The molecule has 1 aliphatic rings. The number of benzene rings is 2. The molecule has 0 N–H and O–H groups in total. The molecule has 1 atom stereocenters. The van der Waals surface area contributed by atoms with Crippen molar-refractivity contribution >= 4 is 46.0 Å². The number of esters is 1. The molecule has 8 nitrogen and oxygen atoms in total. The minimum absolute atomic E-state index is 0.206. The number of hydrogen-bond acceptors (Lipinski definition) is 8. The Labute approximate surface area is 244 Å². The summed E-state index contributed by atoms with van der Waals surface area (Å²) in [5.41, 5.74) is 1.98. The predicted octanol–water partition coefficient (Wildman–Crippen LogP) is 4.38. The van der Waals surface area contributed by atoms with Crippen molar-refractivity contribution < 1.29 is 23.7 Å². The molecular formula is C29H29IN2O6S. The number of halogens is 1. The quantitative estimate of drug-likeness (QED) is 0.182. The fourth-order valence-corrected chi connectivity index (χ4v) is 5.96. The topological polar surface area (TPSA) is 88.4 Å². The highest BCUT2D eigenvalue weighted by Crippen LogP contribution is 2.35. The van der Waals surface area contributed by atoms with Crippen LogP contribution < -0.4 is 29.1 Å². The monoisotopic (exact) mass is 660 g/mol. The van der Waals surface area contributed by atoms with Crippen LogP contribution in [-0.4, -0.2) is 37.5 Å². The summed E-state index contributed by atoms with van der Waals surface area (Å²) < 4.78 is 25.3. The van der Waals surface area contributed by atoms with Crippen molar-refractivity contribution in [1.82, 2.24) is 4.57 Å². The van der Waals surface area contributed by atoms with E-state index >= 15 is 0 Å². The van der Waals surface area contributed by atoms with Crippen LogP contribution in [0.4, 0.5) is 0 Å². The van der Waals surface area contributed by atoms with Gasteiger partial charge in [-0.05, 0) is 79.3 Å². The lowest BCUT2D eigenvalue weighted by Crippen LogP contribution is -2.39. The summed E-state index contributed by atoms with van der Waals surface area (Å²) in [6, 6.07) is 10.4. The molecule has 204 valence electrons. The number of fused-ring (bicyclic) bond motifs is 1. The first kappa shape index (κ1) is 28.6. The highest BCUT2D eigenvalue weighted by Gasteiger charge is 2.33. The van der Waals surface area contributed by atoms with E-state index in [2.05, 4.69) is 34.2 Å². The third-order valence-electron chi connectivity index (χ3n) is 5.92. The zero-order valence-electron chi connectivity index (χ0n) is 22.2. The lowest BCUT2D eigenvalue weighted by molar-refractivity contribution is -0.139. The number of allylic oxidation sites excluding steroid dienone is 1. The molecule has 10 heteroatoms. The molecule has 0 saturated heterocycles. The van der Waals surface area contributed by atoms with Crippen molar-refractivity contribution in [1.29, 1.82) is 0 Å². The Hall–Kier alpha value is -3.38. The fourth-order valence-electron chi connectivity index (χ4n) is 4.31. The van der Waals surface area contributed by atoms with E-state index in [1.54, 1.807) is 37.7 Å². The largest absolute Gasteiger partial charge is 0.494 e. The van der Waals surface area contributed by atoms with Crippen LogP contribution in [0.1, 0.15) is 37.9 Å². The molecule has 0 radical (unpaired) electrons. The number of rotatable bonds is 10. The molecule has 0 bridgehead atoms. The van der Waals surface area contributed by atoms with Gasteiger partial charge in [0.05, 0.1) is 42.2 Å². The van der Waals surface area contributed by atoms with Crippen molar-refractivity contribution in [2.75, 3.05) is 26.9 Å². The molecule has 3 aromatic rings. The molecule has 39 heavy (non-hydrogen) atoms. The molecule has 0 amide bonds. The fraction of sp³-hybridized carbons (Fsp3) is 0.276. The number of nitrogens with zero attached hydrogens (tertiary/aromatic N) is 2. The van der Waals surface area contributed by atoms with Crippen LogP contribution >= 0.6 is 33.9 Å². The van der Waals surface area contributed by atoms with Crippen LogP contribution in [0.2, 0.25) is 0 Å². The predicted molar refractivity (Wildman–Crippen MR) is 159 cm³/mol. The third kappa shape index (κ3) is 5.96. The molecular weight excluding hydrogens is 631 g/mol. The molecule has 2 heterocycles. The van der Waals surface area contributed by atoms with E-state index in [0.717, 1.165) is 9.13 Å². The highest BCUT2D eigenvalue weighted by molar-refractivity contribution is 14.1. The van der Waals surface area contributed by atoms with E-state index in [0.29, 0.717) is 50.0 Å². The van der Waals surface area contributed by atoms with Crippen LogP contribution in [0.25, 0.3) is 6.08 Å². The first-order valence-electron chi connectivity index (χ1n) is 12.4. The number of methoxy groups -OCH3 is 1. The first-order chi connectivity index (χ1) is 18.8. The van der Waals surface area contributed by atoms with Gasteiger partial charge in [0.15, 0.2) is 16.3 Å². The Bertz CT molecular complexity index is 1600. The van der Waals surface area contributed by atoms with Gasteiger partial charge in [-0.2, -0.15) is 0 Å². The van der Waals surface area contributed by atoms with Gasteiger partial charge in [0.1, 0.15) is 12.4 Å². The van der Waals surface area contributed by atoms with Gasteiger partial charge in [-0.1, -0.05) is 36.1 Å². The second kappa shape index (κ2) is 12.6. The average Bonchev–Trinajstić information content (AvgIpc) is 3.21. The van der Waals surface area contributed by atoms with Gasteiger partial charge < -0.3 is 18.9 Å². The van der Waals surface area contributed by atoms with E-state index in [-0.39, 0.29) is 18.8 Å². The summed E-state index contributed by atoms with van der Waals surface area (Å²) in [7, 11) is 1.57. The number of carbonyl (C=O) groups excluding carboxylic acids is 1. The molecule has 0 saturated carbocycles. The maximum absolute atomic E-state index is 14.0. The van der Waals surface area contributed by atoms with Crippen LogP contribution in [0.5, 0.6) is 17.2 Å². The lowest BCUT2D eigenvalue weighted by Gasteiger charge is -2.24. The average molecular weight is 661 g/mol. The maximum atomic E-state index is 14.0. The Balaban J connectivity index is 1.94. The minimum atomic E-state index is -0.708. The summed E-state index contributed by atoms with van der Waals surface area (Å²) in [6.45, 7) is 10.2. The standard InChI is InChI=1S/C29H29IN2O6S/c1-6-13-38-26-19(14-20(30)16-22(26)35-5)15-23-27(33)32-25(18-9-11-21(12-10-18)36-7-2)24(28(34)37-8-3)17(4)31-29(32)39-23/h6,9-12,14-16,25H,1,7-8,13H2,2-5H3/b23-15-/t25-/m1/s1. The van der Waals surface area contributed by atoms with Gasteiger partial charge in [-0.3, -0.25) is 9.36 Å². The summed E-state index contributed by atoms with van der Waals surface area (Å²) >= 11 is 3.44. The first-order valence-corrected chi connectivity index (χ1v) is 14.3. The van der Waals surface area contributed by atoms with Crippen molar-refractivity contribution in [3.63, 3.8) is 0 Å². The van der Waals surface area contributed by atoms with Crippen molar-refractivity contribution in [2.45, 2.75) is 26.8 Å². The molecule has 0 aliphatic carbocycles. The normalized spacial score (nSPS) is 14.9. The van der Waals surface area contributed by atoms with E-state index in [1.807, 2.05) is 43.3 Å². The lowest BCUT2D eigenvalue weighted by atomic mass is 9.96. The Kier molecular flexibility index (Phi) is 9.28. The number of hydrogen-bond donors (Lipinski definition) is 0. The molecule has 1 aromatic heterocycles. The molecule has 0 unspecified atom stereocenters. The van der Waals surface area contributed by atoms with E-state index in [9.17, 15) is 9.59 Å². The van der Waals surface area contributed by atoms with Crippen molar-refractivity contribution in [2.24, 2.45) is 4.99 Å². The summed E-state index contributed by atoms with van der Waals surface area (Å²) in [6.07, 6.45) is 3.41. The van der Waals surface area contributed by atoms with E-state index in [1.165, 1.54) is 11.3 Å². The zero-order valence-corrected chi connectivity index (χ0v) is 25.1. The van der Waals surface area contributed by atoms with Crippen LogP contribution in [-0.2, 0) is 9.53 Å². The molecule has 4 rings (SSSR count). The van der Waals surface area contributed by atoms with Gasteiger partial charge in [0.2, 0.25) is 0 Å². The SMILES string of the molecule is C=CCOc1c(/C=c2\sc3n(c2=O)[C@H](c2ccc(OCC)cc2)C(C(=O)OCC)=C(C)N=3)cc(I)cc1OC. The smallest absolute Gasteiger partial charge is 0.338 e. The number of ether oxygens (including phenoxy) is 4. The van der Waals surface area contributed by atoms with Gasteiger partial charge in [-0.25, -0.2) is 9.79 Å². The summed E-state index contributed by atoms with van der Waals surface area (Å²) in [5, 5.41) is 0. The third-order valence-corrected chi connectivity index (χ3v) is 7.53. The van der Waals surface area contributed by atoms with E-state index < -0.39 is 12.0 Å². The van der Waals surface area contributed by atoms with Gasteiger partial charge in [0.25, 0.3) is 5.56 Å². The molecule has 1 aliphatic heterocycles. The maximum Gasteiger partial charge on any atom is 0.338 e. The highest BCUT2D eigenvalue weighted by atomic mass is 127. The number of thiazole rings is 1. The van der Waals surface area contributed by atoms with Crippen molar-refractivity contribution in [3.05, 3.63) is 94.7 Å². The van der Waals surface area contributed by atoms with Gasteiger partial charge >= 0.3 is 5.97 Å². The molecule has 2 aromatic carbocycles. The Morgan fingerprint density at radius 2 is 1.92 bits per heavy atom. The van der Waals surface area contributed by atoms with Crippen LogP contribution in [0.3, 0.4) is 0 Å². The second-order valence-electron chi connectivity index (χ2n) is 8.43. The second-order valence-corrected chi connectivity index (χ2v) is 10.7. The van der Waals surface area contributed by atoms with Gasteiger partial charge in [0, 0.05) is 9.13 Å². The number of carbonyl (C=O) groups is 1. The van der Waals surface area contributed by atoms with Crippen molar-refractivity contribution in [3.8, 4) is 17.2 Å². The van der Waals surface area contributed by atoms with Crippen LogP contribution in [0.15, 0.2) is 70.1 Å². The minimum Gasteiger partial charge on any atom is -0.494 e. The zero-order chi connectivity index (χ0) is 28.1. The Morgan fingerprint density at radius 3 is 2.56 bits per heavy atom. The molecule has 0 spiro atoms. The molecule has 0 fully saturated rings. The number of aromatic nitrogens is 1.